The number of benzene rings is 3. The van der Waals surface area contributed by atoms with Gasteiger partial charge in [-0.05, 0) is 34.9 Å². The SMILES string of the molecule is COc1ccc(C(NC(=O)Cc2ccccc2NS(C)(=O)=O)c2ccccc2)cc1. The van der Waals surface area contributed by atoms with E-state index in [0.29, 0.717) is 11.3 Å². The first kappa shape index (κ1) is 21.4. The molecule has 1 amide bonds. The first-order valence-electron chi connectivity index (χ1n) is 9.39. The molecule has 0 fully saturated rings. The highest BCUT2D eigenvalue weighted by Crippen LogP contribution is 2.25. The van der Waals surface area contributed by atoms with Crippen LogP contribution in [0.4, 0.5) is 5.69 Å². The molecule has 3 aromatic rings. The Bertz CT molecular complexity index is 1100. The Morgan fingerprint density at radius 2 is 1.50 bits per heavy atom. The molecule has 7 heteroatoms. The molecule has 0 aromatic heterocycles. The maximum atomic E-state index is 12.9. The minimum Gasteiger partial charge on any atom is -0.497 e. The number of anilines is 1. The van der Waals surface area contributed by atoms with Crippen molar-refractivity contribution < 1.29 is 17.9 Å². The van der Waals surface area contributed by atoms with E-state index in [4.69, 9.17) is 4.74 Å². The predicted molar refractivity (Wildman–Crippen MR) is 118 cm³/mol. The van der Waals surface area contributed by atoms with Crippen LogP contribution in [0.3, 0.4) is 0 Å². The summed E-state index contributed by atoms with van der Waals surface area (Å²) < 4.78 is 30.9. The Morgan fingerprint density at radius 3 is 2.13 bits per heavy atom. The molecule has 1 unspecified atom stereocenters. The lowest BCUT2D eigenvalue weighted by molar-refractivity contribution is -0.120. The zero-order valence-corrected chi connectivity index (χ0v) is 17.6. The summed E-state index contributed by atoms with van der Waals surface area (Å²) in [7, 11) is -1.84. The van der Waals surface area contributed by atoms with Gasteiger partial charge in [0, 0.05) is 0 Å². The maximum absolute atomic E-state index is 12.9. The number of carbonyl (C=O) groups is 1. The summed E-state index contributed by atoms with van der Waals surface area (Å²) in [5.74, 6) is 0.514. The van der Waals surface area contributed by atoms with Gasteiger partial charge in [0.1, 0.15) is 5.75 Å². The number of methoxy groups -OCH3 is 1. The molecule has 0 aliphatic rings. The standard InChI is InChI=1S/C23H24N2O4S/c1-29-20-14-12-18(13-15-20)23(17-8-4-3-5-9-17)24-22(26)16-19-10-6-7-11-21(19)25-30(2,27)28/h3-15,23,25H,16H2,1-2H3,(H,24,26). The van der Waals surface area contributed by atoms with E-state index in [-0.39, 0.29) is 18.4 Å². The number of para-hydroxylation sites is 1. The van der Waals surface area contributed by atoms with Gasteiger partial charge in [0.05, 0.1) is 31.5 Å². The molecule has 0 saturated carbocycles. The van der Waals surface area contributed by atoms with Crippen molar-refractivity contribution in [3.63, 3.8) is 0 Å². The van der Waals surface area contributed by atoms with Crippen LogP contribution in [0.2, 0.25) is 0 Å². The van der Waals surface area contributed by atoms with E-state index in [0.717, 1.165) is 23.1 Å². The third kappa shape index (κ3) is 5.84. The summed E-state index contributed by atoms with van der Waals surface area (Å²) in [5.41, 5.74) is 2.86. The van der Waals surface area contributed by atoms with Gasteiger partial charge in [0.2, 0.25) is 15.9 Å². The highest BCUT2D eigenvalue weighted by molar-refractivity contribution is 7.92. The first-order chi connectivity index (χ1) is 14.4. The lowest BCUT2D eigenvalue weighted by Gasteiger charge is -2.21. The monoisotopic (exact) mass is 424 g/mol. The van der Waals surface area contributed by atoms with Gasteiger partial charge in [-0.3, -0.25) is 9.52 Å². The van der Waals surface area contributed by atoms with Crippen molar-refractivity contribution in [1.29, 1.82) is 0 Å². The number of sulfonamides is 1. The second-order valence-electron chi connectivity index (χ2n) is 6.89. The lowest BCUT2D eigenvalue weighted by Crippen LogP contribution is -2.30. The van der Waals surface area contributed by atoms with Gasteiger partial charge >= 0.3 is 0 Å². The molecule has 0 spiro atoms. The second-order valence-corrected chi connectivity index (χ2v) is 8.64. The third-order valence-electron chi connectivity index (χ3n) is 4.55. The van der Waals surface area contributed by atoms with E-state index in [2.05, 4.69) is 10.0 Å². The molecule has 0 aliphatic carbocycles. The number of carbonyl (C=O) groups excluding carboxylic acids is 1. The molecule has 156 valence electrons. The quantitative estimate of drug-likeness (QED) is 0.580. The molecular formula is C23H24N2O4S. The van der Waals surface area contributed by atoms with E-state index in [1.54, 1.807) is 31.4 Å². The van der Waals surface area contributed by atoms with E-state index >= 15 is 0 Å². The summed E-state index contributed by atoms with van der Waals surface area (Å²) in [6.07, 6.45) is 1.12. The molecule has 2 N–H and O–H groups in total. The Labute approximate surface area is 177 Å². The smallest absolute Gasteiger partial charge is 0.229 e. The third-order valence-corrected chi connectivity index (χ3v) is 5.14. The van der Waals surface area contributed by atoms with Crippen molar-refractivity contribution in [2.24, 2.45) is 0 Å². The summed E-state index contributed by atoms with van der Waals surface area (Å²) >= 11 is 0. The molecule has 0 bridgehead atoms. The molecule has 3 rings (SSSR count). The fraction of sp³-hybridized carbons (Fsp3) is 0.174. The topological polar surface area (TPSA) is 84.5 Å². The number of ether oxygens (including phenoxy) is 1. The summed E-state index contributed by atoms with van der Waals surface area (Å²) in [5, 5.41) is 3.07. The summed E-state index contributed by atoms with van der Waals surface area (Å²) in [4.78, 5) is 12.9. The van der Waals surface area contributed by atoms with Crippen LogP contribution in [0.15, 0.2) is 78.9 Å². The Hall–Kier alpha value is -3.32. The van der Waals surface area contributed by atoms with Crippen LogP contribution in [0.5, 0.6) is 5.75 Å². The number of rotatable bonds is 8. The van der Waals surface area contributed by atoms with E-state index in [1.165, 1.54) is 0 Å². The lowest BCUT2D eigenvalue weighted by atomic mass is 9.98. The highest BCUT2D eigenvalue weighted by Gasteiger charge is 2.18. The molecule has 0 saturated heterocycles. The van der Waals surface area contributed by atoms with Gasteiger partial charge in [-0.25, -0.2) is 8.42 Å². The number of amides is 1. The van der Waals surface area contributed by atoms with Crippen molar-refractivity contribution >= 4 is 21.6 Å². The molecule has 0 radical (unpaired) electrons. The van der Waals surface area contributed by atoms with Crippen LogP contribution in [0.25, 0.3) is 0 Å². The van der Waals surface area contributed by atoms with Crippen LogP contribution >= 0.6 is 0 Å². The van der Waals surface area contributed by atoms with Crippen LogP contribution in [-0.4, -0.2) is 27.7 Å². The van der Waals surface area contributed by atoms with Crippen LogP contribution in [0.1, 0.15) is 22.7 Å². The van der Waals surface area contributed by atoms with Gasteiger partial charge < -0.3 is 10.1 Å². The zero-order valence-electron chi connectivity index (χ0n) is 16.8. The first-order valence-corrected chi connectivity index (χ1v) is 11.3. The van der Waals surface area contributed by atoms with Crippen molar-refractivity contribution in [3.8, 4) is 5.75 Å². The average Bonchev–Trinajstić information content (AvgIpc) is 2.73. The van der Waals surface area contributed by atoms with Crippen molar-refractivity contribution in [1.82, 2.24) is 5.32 Å². The van der Waals surface area contributed by atoms with E-state index in [1.807, 2.05) is 54.6 Å². The van der Waals surface area contributed by atoms with Crippen LogP contribution in [0, 0.1) is 0 Å². The van der Waals surface area contributed by atoms with Gasteiger partial charge in [-0.1, -0.05) is 60.7 Å². The van der Waals surface area contributed by atoms with E-state index in [9.17, 15) is 13.2 Å². The van der Waals surface area contributed by atoms with Gasteiger partial charge in [0.25, 0.3) is 0 Å². The van der Waals surface area contributed by atoms with Crippen LogP contribution in [-0.2, 0) is 21.2 Å². The molecule has 30 heavy (non-hydrogen) atoms. The summed E-state index contributed by atoms with van der Waals surface area (Å²) in [6, 6.07) is 23.7. The normalized spacial score (nSPS) is 12.1. The van der Waals surface area contributed by atoms with Crippen molar-refractivity contribution in [2.75, 3.05) is 18.1 Å². The number of hydrogen-bond acceptors (Lipinski definition) is 4. The molecule has 0 aliphatic heterocycles. The number of nitrogens with one attached hydrogen (secondary N) is 2. The van der Waals surface area contributed by atoms with Gasteiger partial charge in [-0.15, -0.1) is 0 Å². The van der Waals surface area contributed by atoms with Crippen molar-refractivity contribution in [2.45, 2.75) is 12.5 Å². The van der Waals surface area contributed by atoms with Crippen LogP contribution < -0.4 is 14.8 Å². The Balaban J connectivity index is 1.84. The largest absolute Gasteiger partial charge is 0.497 e. The summed E-state index contributed by atoms with van der Waals surface area (Å²) in [6.45, 7) is 0. The van der Waals surface area contributed by atoms with Gasteiger partial charge in [0.15, 0.2) is 0 Å². The van der Waals surface area contributed by atoms with Gasteiger partial charge in [-0.2, -0.15) is 0 Å². The number of hydrogen-bond donors (Lipinski definition) is 2. The molecule has 6 nitrogen and oxygen atoms in total. The highest BCUT2D eigenvalue weighted by atomic mass is 32.2. The molecule has 0 heterocycles. The Morgan fingerprint density at radius 1 is 0.900 bits per heavy atom. The fourth-order valence-corrected chi connectivity index (χ4v) is 3.76. The van der Waals surface area contributed by atoms with E-state index < -0.39 is 10.0 Å². The minimum atomic E-state index is -3.44. The zero-order chi connectivity index (χ0) is 21.6. The molecule has 1 atom stereocenters. The fourth-order valence-electron chi connectivity index (χ4n) is 3.16. The maximum Gasteiger partial charge on any atom is 0.229 e. The van der Waals surface area contributed by atoms with Crippen molar-refractivity contribution in [3.05, 3.63) is 95.6 Å². The molecular weight excluding hydrogens is 400 g/mol. The average molecular weight is 425 g/mol. The second kappa shape index (κ2) is 9.45. The molecule has 3 aromatic carbocycles. The minimum absolute atomic E-state index is 0.0399. The predicted octanol–water partition coefficient (Wildman–Crippen LogP) is 3.52. The Kier molecular flexibility index (Phi) is 6.74.